The number of aryl methyl sites for hydroxylation is 2. The summed E-state index contributed by atoms with van der Waals surface area (Å²) in [5.74, 6) is 0.953. The highest BCUT2D eigenvalue weighted by Gasteiger charge is 2.16. The molecule has 1 heterocycles. The van der Waals surface area contributed by atoms with Gasteiger partial charge in [0.25, 0.3) is 0 Å². The highest BCUT2D eigenvalue weighted by Crippen LogP contribution is 2.23. The first-order valence-corrected chi connectivity index (χ1v) is 6.97. The van der Waals surface area contributed by atoms with E-state index in [0.29, 0.717) is 0 Å². The van der Waals surface area contributed by atoms with Gasteiger partial charge in [-0.25, -0.2) is 0 Å². The lowest BCUT2D eigenvalue weighted by atomic mass is 10.2. The van der Waals surface area contributed by atoms with Crippen LogP contribution in [0.15, 0.2) is 0 Å². The molecule has 1 N–H and O–H groups in total. The third-order valence-corrected chi connectivity index (χ3v) is 3.14. The van der Waals surface area contributed by atoms with E-state index in [9.17, 15) is 0 Å². The predicted octanol–water partition coefficient (Wildman–Crippen LogP) is 2.58. The fourth-order valence-electron chi connectivity index (χ4n) is 2.06. The van der Waals surface area contributed by atoms with Crippen molar-refractivity contribution in [3.63, 3.8) is 0 Å². The fraction of sp³-hybridized carbons (Fsp3) is 0.786. The Morgan fingerprint density at radius 3 is 2.50 bits per heavy atom. The third kappa shape index (κ3) is 4.02. The molecule has 1 atom stereocenters. The maximum atomic E-state index is 6.14. The van der Waals surface area contributed by atoms with Crippen molar-refractivity contribution in [1.82, 2.24) is 15.1 Å². The molecule has 18 heavy (non-hydrogen) atoms. The van der Waals surface area contributed by atoms with Gasteiger partial charge in [0.15, 0.2) is 5.75 Å². The Labute approximate surface area is 111 Å². The number of nitrogens with one attached hydrogen (secondary N) is 1. The molecule has 0 aromatic carbocycles. The monoisotopic (exact) mass is 253 g/mol. The van der Waals surface area contributed by atoms with Crippen molar-refractivity contribution < 1.29 is 4.74 Å². The Kier molecular flexibility index (Phi) is 6.19. The van der Waals surface area contributed by atoms with E-state index in [4.69, 9.17) is 4.74 Å². The van der Waals surface area contributed by atoms with Gasteiger partial charge >= 0.3 is 0 Å². The molecule has 1 unspecified atom stereocenters. The zero-order chi connectivity index (χ0) is 13.5. The molecular formula is C14H27N3O. The molecule has 0 spiro atoms. The third-order valence-electron chi connectivity index (χ3n) is 3.14. The number of rotatable bonds is 8. The Morgan fingerprint density at radius 1 is 1.28 bits per heavy atom. The van der Waals surface area contributed by atoms with Gasteiger partial charge in [0.05, 0.1) is 5.69 Å². The first-order chi connectivity index (χ1) is 8.60. The molecule has 1 rings (SSSR count). The molecule has 1 aromatic heterocycles. The lowest BCUT2D eigenvalue weighted by molar-refractivity contribution is 0.184. The standard InChI is InChI=1S/C14H27N3O/c1-6-8-13(10-15-9-7-2)18-14-11(3)16-17(5)12(14)4/h13,15H,6-10H2,1-5H3. The molecule has 4 heteroatoms. The van der Waals surface area contributed by atoms with Gasteiger partial charge in [0.2, 0.25) is 0 Å². The zero-order valence-corrected chi connectivity index (χ0v) is 12.4. The fourth-order valence-corrected chi connectivity index (χ4v) is 2.06. The van der Waals surface area contributed by atoms with Gasteiger partial charge in [-0.3, -0.25) is 4.68 Å². The van der Waals surface area contributed by atoms with Gasteiger partial charge < -0.3 is 10.1 Å². The molecule has 0 bridgehead atoms. The molecule has 0 amide bonds. The molecule has 0 fully saturated rings. The average Bonchev–Trinajstić information content (AvgIpc) is 2.56. The van der Waals surface area contributed by atoms with Crippen molar-refractivity contribution in [2.24, 2.45) is 7.05 Å². The molecule has 0 saturated heterocycles. The number of hydrogen-bond acceptors (Lipinski definition) is 3. The zero-order valence-electron chi connectivity index (χ0n) is 12.4. The normalized spacial score (nSPS) is 12.7. The van der Waals surface area contributed by atoms with Gasteiger partial charge in [0, 0.05) is 13.6 Å². The summed E-state index contributed by atoms with van der Waals surface area (Å²) in [6.45, 7) is 10.4. The predicted molar refractivity (Wildman–Crippen MR) is 75.2 cm³/mol. The van der Waals surface area contributed by atoms with Crippen LogP contribution in [-0.4, -0.2) is 29.0 Å². The molecule has 104 valence electrons. The number of aromatic nitrogens is 2. The summed E-state index contributed by atoms with van der Waals surface area (Å²) >= 11 is 0. The van der Waals surface area contributed by atoms with Gasteiger partial charge in [-0.1, -0.05) is 20.3 Å². The minimum Gasteiger partial charge on any atom is -0.485 e. The van der Waals surface area contributed by atoms with Crippen molar-refractivity contribution >= 4 is 0 Å². The summed E-state index contributed by atoms with van der Waals surface area (Å²) in [7, 11) is 1.96. The molecule has 0 aliphatic rings. The Hall–Kier alpha value is -1.03. The topological polar surface area (TPSA) is 39.1 Å². The van der Waals surface area contributed by atoms with E-state index in [1.54, 1.807) is 0 Å². The van der Waals surface area contributed by atoms with E-state index in [2.05, 4.69) is 31.2 Å². The summed E-state index contributed by atoms with van der Waals surface area (Å²) in [5.41, 5.74) is 2.08. The minimum atomic E-state index is 0.239. The average molecular weight is 253 g/mol. The molecular weight excluding hydrogens is 226 g/mol. The maximum Gasteiger partial charge on any atom is 0.163 e. The van der Waals surface area contributed by atoms with Crippen LogP contribution in [0.3, 0.4) is 0 Å². The van der Waals surface area contributed by atoms with Crippen LogP contribution >= 0.6 is 0 Å². The summed E-state index contributed by atoms with van der Waals surface area (Å²) in [6, 6.07) is 0. The highest BCUT2D eigenvalue weighted by atomic mass is 16.5. The second kappa shape index (κ2) is 7.41. The van der Waals surface area contributed by atoms with E-state index in [1.807, 2.05) is 18.7 Å². The van der Waals surface area contributed by atoms with Crippen LogP contribution in [-0.2, 0) is 7.05 Å². The first-order valence-electron chi connectivity index (χ1n) is 6.97. The first kappa shape index (κ1) is 15.0. The number of nitrogens with zero attached hydrogens (tertiary/aromatic N) is 2. The van der Waals surface area contributed by atoms with Crippen LogP contribution in [0.4, 0.5) is 0 Å². The van der Waals surface area contributed by atoms with Crippen LogP contribution in [0.1, 0.15) is 44.5 Å². The van der Waals surface area contributed by atoms with Crippen molar-refractivity contribution in [2.45, 2.75) is 53.1 Å². The summed E-state index contributed by atoms with van der Waals surface area (Å²) in [4.78, 5) is 0. The number of ether oxygens (including phenoxy) is 1. The SMILES string of the molecule is CCCNCC(CCC)Oc1c(C)nn(C)c1C. The summed E-state index contributed by atoms with van der Waals surface area (Å²) in [5, 5.41) is 7.83. The van der Waals surface area contributed by atoms with Crippen molar-refractivity contribution in [3.8, 4) is 5.75 Å². The van der Waals surface area contributed by atoms with Gasteiger partial charge in [-0.2, -0.15) is 5.10 Å². The Balaban J connectivity index is 2.64. The van der Waals surface area contributed by atoms with Gasteiger partial charge in [-0.05, 0) is 33.2 Å². The van der Waals surface area contributed by atoms with E-state index >= 15 is 0 Å². The highest BCUT2D eigenvalue weighted by molar-refractivity contribution is 5.32. The Bertz CT molecular complexity index is 360. The van der Waals surface area contributed by atoms with Crippen LogP contribution in [0.25, 0.3) is 0 Å². The van der Waals surface area contributed by atoms with Crippen molar-refractivity contribution in [3.05, 3.63) is 11.4 Å². The lowest BCUT2D eigenvalue weighted by Crippen LogP contribution is -2.32. The smallest absolute Gasteiger partial charge is 0.163 e. The summed E-state index contributed by atoms with van der Waals surface area (Å²) in [6.07, 6.45) is 3.61. The molecule has 0 saturated carbocycles. The van der Waals surface area contributed by atoms with Gasteiger partial charge in [-0.15, -0.1) is 0 Å². The lowest BCUT2D eigenvalue weighted by Gasteiger charge is -2.19. The van der Waals surface area contributed by atoms with E-state index < -0.39 is 0 Å². The second-order valence-electron chi connectivity index (χ2n) is 4.86. The van der Waals surface area contributed by atoms with Crippen LogP contribution in [0.2, 0.25) is 0 Å². The van der Waals surface area contributed by atoms with Crippen molar-refractivity contribution in [1.29, 1.82) is 0 Å². The molecule has 4 nitrogen and oxygen atoms in total. The second-order valence-corrected chi connectivity index (χ2v) is 4.86. The molecule has 1 aromatic rings. The quantitative estimate of drug-likeness (QED) is 0.724. The summed E-state index contributed by atoms with van der Waals surface area (Å²) < 4.78 is 8.02. The van der Waals surface area contributed by atoms with E-state index in [0.717, 1.165) is 49.5 Å². The minimum absolute atomic E-state index is 0.239. The molecule has 0 aliphatic carbocycles. The van der Waals surface area contributed by atoms with E-state index in [1.165, 1.54) is 0 Å². The van der Waals surface area contributed by atoms with Gasteiger partial charge in [0.1, 0.15) is 11.8 Å². The van der Waals surface area contributed by atoms with Crippen LogP contribution < -0.4 is 10.1 Å². The van der Waals surface area contributed by atoms with Crippen LogP contribution in [0.5, 0.6) is 5.75 Å². The Morgan fingerprint density at radius 2 is 2.00 bits per heavy atom. The van der Waals surface area contributed by atoms with Crippen LogP contribution in [0, 0.1) is 13.8 Å². The number of hydrogen-bond donors (Lipinski definition) is 1. The van der Waals surface area contributed by atoms with E-state index in [-0.39, 0.29) is 6.10 Å². The molecule has 0 aliphatic heterocycles. The van der Waals surface area contributed by atoms with Crippen molar-refractivity contribution in [2.75, 3.05) is 13.1 Å². The molecule has 0 radical (unpaired) electrons. The largest absolute Gasteiger partial charge is 0.485 e. The maximum absolute atomic E-state index is 6.14.